The lowest BCUT2D eigenvalue weighted by molar-refractivity contribution is -0.384. The van der Waals surface area contributed by atoms with Gasteiger partial charge in [-0.05, 0) is 17.7 Å². The first-order valence-corrected chi connectivity index (χ1v) is 6.13. The fraction of sp³-hybridized carbons (Fsp3) is 0.0833. The van der Waals surface area contributed by atoms with E-state index in [2.05, 4.69) is 4.98 Å². The Morgan fingerprint density at radius 1 is 1.26 bits per heavy atom. The van der Waals surface area contributed by atoms with E-state index in [0.717, 1.165) is 5.56 Å². The van der Waals surface area contributed by atoms with Gasteiger partial charge in [0.15, 0.2) is 0 Å². The number of alkyl halides is 1. The second kappa shape index (κ2) is 5.86. The third kappa shape index (κ3) is 3.33. The van der Waals surface area contributed by atoms with Crippen LogP contribution in [0, 0.1) is 10.1 Å². The molecule has 0 atom stereocenters. The molecular weight excluding hydrogens is 291 g/mol. The molecule has 1 aromatic carbocycles. The minimum absolute atomic E-state index is 0.0176. The molecule has 0 aliphatic carbocycles. The van der Waals surface area contributed by atoms with Gasteiger partial charge >= 0.3 is 0 Å². The number of nitro benzene ring substituents is 1. The number of hydrogen-bond acceptors (Lipinski definition) is 4. The molecule has 0 unspecified atom stereocenters. The summed E-state index contributed by atoms with van der Waals surface area (Å²) in [5.74, 6) is 1.21. The first-order valence-electron chi connectivity index (χ1n) is 5.22. The van der Waals surface area contributed by atoms with E-state index >= 15 is 0 Å². The van der Waals surface area contributed by atoms with Crippen LogP contribution in [0.1, 0.15) is 5.56 Å². The van der Waals surface area contributed by atoms with E-state index in [1.54, 1.807) is 12.3 Å². The van der Waals surface area contributed by atoms with Crippen LogP contribution in [-0.2, 0) is 5.88 Å². The molecule has 0 bridgehead atoms. The van der Waals surface area contributed by atoms with Crippen LogP contribution in [0.15, 0.2) is 36.7 Å². The Kier molecular flexibility index (Phi) is 4.19. The molecule has 0 aliphatic rings. The predicted molar refractivity (Wildman–Crippen MR) is 72.0 cm³/mol. The van der Waals surface area contributed by atoms with Crippen molar-refractivity contribution >= 4 is 28.9 Å². The predicted octanol–water partition coefficient (Wildman–Crippen LogP) is 4.17. The van der Waals surface area contributed by atoms with Crippen LogP contribution in [-0.4, -0.2) is 9.91 Å². The molecule has 1 heterocycles. The number of hydrogen-bond donors (Lipinski definition) is 0. The van der Waals surface area contributed by atoms with Crippen LogP contribution >= 0.6 is 23.2 Å². The van der Waals surface area contributed by atoms with E-state index < -0.39 is 4.92 Å². The minimum Gasteiger partial charge on any atom is -0.456 e. The van der Waals surface area contributed by atoms with Crippen LogP contribution in [0.3, 0.4) is 0 Å². The fourth-order valence-corrected chi connectivity index (χ4v) is 1.81. The second-order valence-electron chi connectivity index (χ2n) is 3.63. The molecule has 0 fully saturated rings. The highest BCUT2D eigenvalue weighted by atomic mass is 35.5. The number of nitro groups is 1. The van der Waals surface area contributed by atoms with Crippen molar-refractivity contribution in [3.8, 4) is 11.5 Å². The number of nitrogens with zero attached hydrogens (tertiary/aromatic N) is 2. The molecule has 19 heavy (non-hydrogen) atoms. The number of ether oxygens (including phenoxy) is 1. The number of aromatic nitrogens is 1. The van der Waals surface area contributed by atoms with Crippen LogP contribution in [0.5, 0.6) is 11.5 Å². The third-order valence-corrected chi connectivity index (χ3v) is 2.89. The Bertz CT molecular complexity index is 620. The van der Waals surface area contributed by atoms with Gasteiger partial charge in [0.25, 0.3) is 5.69 Å². The Hall–Kier alpha value is -1.85. The molecule has 0 saturated carbocycles. The number of pyridine rings is 1. The highest BCUT2D eigenvalue weighted by Crippen LogP contribution is 2.30. The SMILES string of the molecule is O=[N+]([O-])c1ccc(Oc2cncc(CCl)c2)cc1Cl. The van der Waals surface area contributed by atoms with E-state index in [-0.39, 0.29) is 10.7 Å². The minimum atomic E-state index is -0.554. The van der Waals surface area contributed by atoms with Gasteiger partial charge in [0.1, 0.15) is 16.5 Å². The van der Waals surface area contributed by atoms with E-state index in [4.69, 9.17) is 27.9 Å². The maximum atomic E-state index is 10.6. The molecule has 2 rings (SSSR count). The van der Waals surface area contributed by atoms with Gasteiger partial charge in [0, 0.05) is 24.2 Å². The number of rotatable bonds is 4. The molecule has 98 valence electrons. The lowest BCUT2D eigenvalue weighted by Crippen LogP contribution is -1.91. The van der Waals surface area contributed by atoms with Crippen molar-refractivity contribution < 1.29 is 9.66 Å². The standard InChI is InChI=1S/C12H8Cl2N2O3/c13-5-8-3-10(7-15-6-8)19-9-1-2-12(16(17)18)11(14)4-9/h1-4,6-7H,5H2. The Morgan fingerprint density at radius 2 is 2.05 bits per heavy atom. The van der Waals surface area contributed by atoms with Crippen molar-refractivity contribution in [3.05, 3.63) is 57.4 Å². The van der Waals surface area contributed by atoms with Gasteiger partial charge in [-0.25, -0.2) is 0 Å². The Balaban J connectivity index is 2.23. The van der Waals surface area contributed by atoms with Crippen molar-refractivity contribution in [2.45, 2.75) is 5.88 Å². The molecule has 1 aromatic heterocycles. The van der Waals surface area contributed by atoms with Gasteiger partial charge in [-0.2, -0.15) is 0 Å². The summed E-state index contributed by atoms with van der Waals surface area (Å²) in [6.07, 6.45) is 3.15. The zero-order chi connectivity index (χ0) is 13.8. The fourth-order valence-electron chi connectivity index (χ4n) is 1.43. The Labute approximate surface area is 118 Å². The quantitative estimate of drug-likeness (QED) is 0.482. The molecule has 2 aromatic rings. The lowest BCUT2D eigenvalue weighted by atomic mass is 10.3. The highest BCUT2D eigenvalue weighted by molar-refractivity contribution is 6.32. The zero-order valence-corrected chi connectivity index (χ0v) is 11.1. The van der Waals surface area contributed by atoms with Crippen molar-refractivity contribution in [1.82, 2.24) is 4.98 Å². The third-order valence-electron chi connectivity index (χ3n) is 2.28. The van der Waals surface area contributed by atoms with Gasteiger partial charge in [-0.15, -0.1) is 11.6 Å². The summed E-state index contributed by atoms with van der Waals surface area (Å²) in [4.78, 5) is 14.0. The van der Waals surface area contributed by atoms with Gasteiger partial charge < -0.3 is 4.74 Å². The van der Waals surface area contributed by atoms with Crippen molar-refractivity contribution in [3.63, 3.8) is 0 Å². The van der Waals surface area contributed by atoms with E-state index in [1.807, 2.05) is 0 Å². The summed E-state index contributed by atoms with van der Waals surface area (Å²) in [6, 6.07) is 5.87. The van der Waals surface area contributed by atoms with Crippen LogP contribution in [0.2, 0.25) is 5.02 Å². The van der Waals surface area contributed by atoms with Crippen LogP contribution in [0.4, 0.5) is 5.69 Å². The topological polar surface area (TPSA) is 65.3 Å². The van der Waals surface area contributed by atoms with Gasteiger partial charge in [-0.1, -0.05) is 11.6 Å². The van der Waals surface area contributed by atoms with Gasteiger partial charge in [0.05, 0.1) is 11.1 Å². The smallest absolute Gasteiger partial charge is 0.288 e. The summed E-state index contributed by atoms with van der Waals surface area (Å²) in [5, 5.41) is 10.6. The maximum absolute atomic E-state index is 10.6. The first-order chi connectivity index (χ1) is 9.10. The van der Waals surface area contributed by atoms with Crippen molar-refractivity contribution in [1.29, 1.82) is 0 Å². The molecule has 0 N–H and O–H groups in total. The highest BCUT2D eigenvalue weighted by Gasteiger charge is 2.13. The van der Waals surface area contributed by atoms with E-state index in [9.17, 15) is 10.1 Å². The van der Waals surface area contributed by atoms with Crippen LogP contribution < -0.4 is 4.74 Å². The summed E-state index contributed by atoms with van der Waals surface area (Å²) in [5.41, 5.74) is 0.647. The molecule has 5 nitrogen and oxygen atoms in total. The molecule has 0 saturated heterocycles. The second-order valence-corrected chi connectivity index (χ2v) is 4.31. The molecule has 0 spiro atoms. The van der Waals surface area contributed by atoms with Gasteiger partial charge in [-0.3, -0.25) is 15.1 Å². The molecule has 7 heteroatoms. The molecule has 0 aliphatic heterocycles. The Morgan fingerprint density at radius 3 is 2.68 bits per heavy atom. The summed E-state index contributed by atoms with van der Waals surface area (Å²) >= 11 is 11.5. The average molecular weight is 299 g/mol. The average Bonchev–Trinajstić information content (AvgIpc) is 2.38. The molecule has 0 radical (unpaired) electrons. The largest absolute Gasteiger partial charge is 0.456 e. The summed E-state index contributed by atoms with van der Waals surface area (Å²) < 4.78 is 5.51. The van der Waals surface area contributed by atoms with Crippen molar-refractivity contribution in [2.24, 2.45) is 0 Å². The summed E-state index contributed by atoms with van der Waals surface area (Å²) in [7, 11) is 0. The number of benzene rings is 1. The number of halogens is 2. The zero-order valence-electron chi connectivity index (χ0n) is 9.55. The van der Waals surface area contributed by atoms with E-state index in [1.165, 1.54) is 24.4 Å². The first kappa shape index (κ1) is 13.6. The normalized spacial score (nSPS) is 10.2. The van der Waals surface area contributed by atoms with E-state index in [0.29, 0.717) is 17.4 Å². The lowest BCUT2D eigenvalue weighted by Gasteiger charge is -2.06. The molecule has 0 amide bonds. The monoisotopic (exact) mass is 298 g/mol. The van der Waals surface area contributed by atoms with Crippen LogP contribution in [0.25, 0.3) is 0 Å². The summed E-state index contributed by atoms with van der Waals surface area (Å²) in [6.45, 7) is 0. The van der Waals surface area contributed by atoms with Gasteiger partial charge in [0.2, 0.25) is 0 Å². The molecular formula is C12H8Cl2N2O3. The maximum Gasteiger partial charge on any atom is 0.288 e. The van der Waals surface area contributed by atoms with Crippen molar-refractivity contribution in [2.75, 3.05) is 0 Å².